The maximum absolute atomic E-state index is 12.0. The van der Waals surface area contributed by atoms with Crippen molar-refractivity contribution in [1.82, 2.24) is 9.97 Å². The Kier molecular flexibility index (Phi) is 3.65. The minimum absolute atomic E-state index is 0.201. The number of H-pyrrole nitrogens is 1. The van der Waals surface area contributed by atoms with Crippen molar-refractivity contribution >= 4 is 16.9 Å². The highest BCUT2D eigenvalue weighted by Crippen LogP contribution is 2.20. The first-order valence-corrected chi connectivity index (χ1v) is 7.07. The molecule has 0 aliphatic carbocycles. The molecule has 0 radical (unpaired) electrons. The van der Waals surface area contributed by atoms with E-state index in [9.17, 15) is 9.90 Å². The molecule has 0 saturated carbocycles. The first-order valence-electron chi connectivity index (χ1n) is 7.07. The van der Waals surface area contributed by atoms with Gasteiger partial charge in [0.15, 0.2) is 0 Å². The summed E-state index contributed by atoms with van der Waals surface area (Å²) in [5.41, 5.74) is 0.150. The lowest BCUT2D eigenvalue weighted by molar-refractivity contribution is 0.0713. The number of aromatic amines is 1. The molecule has 0 bridgehead atoms. The average molecular weight is 295 g/mol. The van der Waals surface area contributed by atoms with E-state index in [0.717, 1.165) is 5.56 Å². The summed E-state index contributed by atoms with van der Waals surface area (Å²) in [6.07, 6.45) is 0. The van der Waals surface area contributed by atoms with Gasteiger partial charge in [0.1, 0.15) is 5.60 Å². The Hall–Kier alpha value is -2.66. The molecule has 5 heteroatoms. The molecule has 1 heterocycles. The lowest BCUT2D eigenvalue weighted by Gasteiger charge is -2.24. The molecule has 0 aliphatic rings. The average Bonchev–Trinajstić information content (AvgIpc) is 2.54. The van der Waals surface area contributed by atoms with Crippen molar-refractivity contribution in [3.05, 3.63) is 70.5 Å². The van der Waals surface area contributed by atoms with Crippen LogP contribution in [0.5, 0.6) is 0 Å². The van der Waals surface area contributed by atoms with Crippen LogP contribution in [-0.2, 0) is 5.60 Å². The second kappa shape index (κ2) is 5.61. The quantitative estimate of drug-likeness (QED) is 0.690. The Morgan fingerprint density at radius 2 is 1.82 bits per heavy atom. The van der Waals surface area contributed by atoms with Crippen LogP contribution in [0.4, 0.5) is 5.95 Å². The van der Waals surface area contributed by atoms with Crippen LogP contribution in [0.25, 0.3) is 10.9 Å². The van der Waals surface area contributed by atoms with Gasteiger partial charge < -0.3 is 10.4 Å². The van der Waals surface area contributed by atoms with Crippen LogP contribution in [0.15, 0.2) is 59.4 Å². The highest BCUT2D eigenvalue weighted by molar-refractivity contribution is 5.78. The van der Waals surface area contributed by atoms with Crippen molar-refractivity contribution in [2.45, 2.75) is 12.5 Å². The van der Waals surface area contributed by atoms with E-state index in [1.807, 2.05) is 36.4 Å². The second-order valence-electron chi connectivity index (χ2n) is 5.43. The molecular weight excluding hydrogens is 278 g/mol. The molecule has 3 rings (SSSR count). The number of nitrogens with one attached hydrogen (secondary N) is 2. The number of hydrogen-bond donors (Lipinski definition) is 3. The van der Waals surface area contributed by atoms with E-state index in [1.165, 1.54) is 0 Å². The van der Waals surface area contributed by atoms with Gasteiger partial charge in [0, 0.05) is 0 Å². The number of hydrogen-bond acceptors (Lipinski definition) is 4. The van der Waals surface area contributed by atoms with E-state index in [-0.39, 0.29) is 12.1 Å². The monoisotopic (exact) mass is 295 g/mol. The van der Waals surface area contributed by atoms with Crippen molar-refractivity contribution in [2.75, 3.05) is 11.9 Å². The summed E-state index contributed by atoms with van der Waals surface area (Å²) in [7, 11) is 0. The molecule has 1 atom stereocenters. The van der Waals surface area contributed by atoms with Gasteiger partial charge in [-0.15, -0.1) is 0 Å². The molecule has 0 saturated heterocycles. The SMILES string of the molecule is C[C@](O)(CNc1nc2ccccc2c(=O)[nH]1)c1ccccc1. The van der Waals surface area contributed by atoms with E-state index in [1.54, 1.807) is 25.1 Å². The van der Waals surface area contributed by atoms with Crippen molar-refractivity contribution < 1.29 is 5.11 Å². The minimum atomic E-state index is -1.06. The highest BCUT2D eigenvalue weighted by atomic mass is 16.3. The fourth-order valence-electron chi connectivity index (χ4n) is 2.33. The molecule has 0 fully saturated rings. The van der Waals surface area contributed by atoms with Crippen LogP contribution in [-0.4, -0.2) is 21.6 Å². The van der Waals surface area contributed by atoms with Gasteiger partial charge in [-0.3, -0.25) is 9.78 Å². The fourth-order valence-corrected chi connectivity index (χ4v) is 2.33. The minimum Gasteiger partial charge on any atom is -0.384 e. The predicted octanol–water partition coefficient (Wildman–Crippen LogP) is 2.24. The zero-order valence-electron chi connectivity index (χ0n) is 12.2. The lowest BCUT2D eigenvalue weighted by Crippen LogP contribution is -2.31. The molecular formula is C17H17N3O2. The number of anilines is 1. The summed E-state index contributed by atoms with van der Waals surface area (Å²) in [5.74, 6) is 0.347. The normalized spacial score (nSPS) is 13.7. The standard InChI is InChI=1S/C17H17N3O2/c1-17(22,12-7-3-2-4-8-12)11-18-16-19-14-10-6-5-9-13(14)15(21)20-16/h2-10,22H,11H2,1H3,(H2,18,19,20,21)/t17-/m0/s1. The Bertz CT molecular complexity index is 841. The van der Waals surface area contributed by atoms with Gasteiger partial charge in [0.05, 0.1) is 17.4 Å². The summed E-state index contributed by atoms with van der Waals surface area (Å²) in [6.45, 7) is 1.95. The largest absolute Gasteiger partial charge is 0.384 e. The van der Waals surface area contributed by atoms with Gasteiger partial charge in [-0.2, -0.15) is 0 Å². The first-order chi connectivity index (χ1) is 10.6. The highest BCUT2D eigenvalue weighted by Gasteiger charge is 2.22. The third-order valence-corrected chi connectivity index (χ3v) is 3.61. The Balaban J connectivity index is 1.84. The molecule has 0 unspecified atom stereocenters. The number of aliphatic hydroxyl groups is 1. The zero-order chi connectivity index (χ0) is 15.6. The molecule has 2 aromatic carbocycles. The van der Waals surface area contributed by atoms with E-state index in [4.69, 9.17) is 0 Å². The molecule has 0 spiro atoms. The van der Waals surface area contributed by atoms with Crippen LogP contribution in [0.2, 0.25) is 0 Å². The maximum Gasteiger partial charge on any atom is 0.260 e. The van der Waals surface area contributed by atoms with Crippen molar-refractivity contribution in [1.29, 1.82) is 0 Å². The van der Waals surface area contributed by atoms with Crippen LogP contribution in [0.1, 0.15) is 12.5 Å². The first kappa shape index (κ1) is 14.3. The number of benzene rings is 2. The summed E-state index contributed by atoms with van der Waals surface area (Å²) < 4.78 is 0. The summed E-state index contributed by atoms with van der Waals surface area (Å²) in [5, 5.41) is 14.1. The molecule has 0 amide bonds. The van der Waals surface area contributed by atoms with Crippen molar-refractivity contribution in [2.24, 2.45) is 0 Å². The molecule has 22 heavy (non-hydrogen) atoms. The molecule has 1 aromatic heterocycles. The Labute approximate surface area is 127 Å². The zero-order valence-corrected chi connectivity index (χ0v) is 12.2. The molecule has 5 nitrogen and oxygen atoms in total. The molecule has 0 aliphatic heterocycles. The van der Waals surface area contributed by atoms with Crippen LogP contribution in [0, 0.1) is 0 Å². The van der Waals surface area contributed by atoms with Gasteiger partial charge in [-0.05, 0) is 24.6 Å². The van der Waals surface area contributed by atoms with Gasteiger partial charge >= 0.3 is 0 Å². The summed E-state index contributed by atoms with van der Waals surface area (Å²) in [4.78, 5) is 19.0. The van der Waals surface area contributed by atoms with Gasteiger partial charge in [0.2, 0.25) is 5.95 Å². The van der Waals surface area contributed by atoms with E-state index in [2.05, 4.69) is 15.3 Å². The van der Waals surface area contributed by atoms with Crippen molar-refractivity contribution in [3.63, 3.8) is 0 Å². The van der Waals surface area contributed by atoms with E-state index < -0.39 is 5.60 Å². The maximum atomic E-state index is 12.0. The summed E-state index contributed by atoms with van der Waals surface area (Å²) in [6, 6.07) is 16.5. The molecule has 3 N–H and O–H groups in total. The van der Waals surface area contributed by atoms with Gasteiger partial charge in [-0.25, -0.2) is 4.98 Å². The topological polar surface area (TPSA) is 78.0 Å². The van der Waals surface area contributed by atoms with Gasteiger partial charge in [0.25, 0.3) is 5.56 Å². The van der Waals surface area contributed by atoms with E-state index >= 15 is 0 Å². The van der Waals surface area contributed by atoms with Gasteiger partial charge in [-0.1, -0.05) is 42.5 Å². The Morgan fingerprint density at radius 3 is 2.59 bits per heavy atom. The third-order valence-electron chi connectivity index (χ3n) is 3.61. The summed E-state index contributed by atoms with van der Waals surface area (Å²) >= 11 is 0. The molecule has 3 aromatic rings. The fraction of sp³-hybridized carbons (Fsp3) is 0.176. The lowest BCUT2D eigenvalue weighted by atomic mass is 9.96. The number of para-hydroxylation sites is 1. The number of aromatic nitrogens is 2. The van der Waals surface area contributed by atoms with E-state index in [0.29, 0.717) is 16.9 Å². The molecule has 112 valence electrons. The predicted molar refractivity (Wildman–Crippen MR) is 86.9 cm³/mol. The smallest absolute Gasteiger partial charge is 0.260 e. The van der Waals surface area contributed by atoms with Crippen LogP contribution >= 0.6 is 0 Å². The van der Waals surface area contributed by atoms with Crippen LogP contribution in [0.3, 0.4) is 0 Å². The number of rotatable bonds is 4. The number of nitrogens with zero attached hydrogens (tertiary/aromatic N) is 1. The second-order valence-corrected chi connectivity index (χ2v) is 5.43. The Morgan fingerprint density at radius 1 is 1.14 bits per heavy atom. The van der Waals surface area contributed by atoms with Crippen molar-refractivity contribution in [3.8, 4) is 0 Å². The van der Waals surface area contributed by atoms with Crippen LogP contribution < -0.4 is 10.9 Å². The third kappa shape index (κ3) is 2.84. The number of fused-ring (bicyclic) bond motifs is 1.